The molecule has 0 aliphatic heterocycles. The fraction of sp³-hybridized carbons (Fsp3) is 0. The number of nitrogens with zero attached hydrogens (tertiary/aromatic N) is 4. The highest BCUT2D eigenvalue weighted by Crippen LogP contribution is 2.74. The summed E-state index contributed by atoms with van der Waals surface area (Å²) in [5.74, 6) is 1.83. The normalized spacial score (nSPS) is 12.1. The van der Waals surface area contributed by atoms with Crippen molar-refractivity contribution in [3.63, 3.8) is 0 Å². The Labute approximate surface area is 335 Å². The molecule has 0 fully saturated rings. The third-order valence-electron chi connectivity index (χ3n) is 10.8. The van der Waals surface area contributed by atoms with Gasteiger partial charge in [0.15, 0.2) is 11.6 Å². The molecule has 0 atom stereocenters. The summed E-state index contributed by atoms with van der Waals surface area (Å²) in [6.07, 6.45) is 0. The van der Waals surface area contributed by atoms with Crippen molar-refractivity contribution in [2.24, 2.45) is 0 Å². The lowest BCUT2D eigenvalue weighted by Crippen LogP contribution is -2.07. The maximum atomic E-state index is 5.33. The van der Waals surface area contributed by atoms with Crippen LogP contribution >= 0.6 is 21.4 Å². The standard InChI is InChI=1S/C51H34N4S2/c1-4-17-35(18-5-1)49-52-50(54-51(53-49)55-45-28-13-10-25-41(45)42-26-11-14-29-46(42)55)36-19-16-24-39(33-36)57(37-20-6-2-7-21-37,38-22-8-3-9-23-38)40-31-32-48-44(34-40)43-27-12-15-30-47(43)56-48/h1-34H. The van der Waals surface area contributed by atoms with Gasteiger partial charge >= 0.3 is 0 Å². The highest BCUT2D eigenvalue weighted by atomic mass is 32.3. The molecule has 0 aliphatic rings. The Morgan fingerprint density at radius 2 is 0.842 bits per heavy atom. The van der Waals surface area contributed by atoms with Crippen LogP contribution in [0.4, 0.5) is 0 Å². The van der Waals surface area contributed by atoms with E-state index in [1.807, 2.05) is 29.5 Å². The molecule has 0 bridgehead atoms. The quantitative estimate of drug-likeness (QED) is 0.162. The lowest BCUT2D eigenvalue weighted by Gasteiger charge is -2.42. The molecule has 3 heterocycles. The average Bonchev–Trinajstić information content (AvgIpc) is 3.83. The summed E-state index contributed by atoms with van der Waals surface area (Å²) in [5.41, 5.74) is 3.97. The zero-order valence-corrected chi connectivity index (χ0v) is 32.4. The van der Waals surface area contributed by atoms with Crippen molar-refractivity contribution in [2.75, 3.05) is 0 Å². The van der Waals surface area contributed by atoms with Crippen LogP contribution in [0.5, 0.6) is 0 Å². The van der Waals surface area contributed by atoms with Crippen molar-refractivity contribution in [1.29, 1.82) is 0 Å². The Hall–Kier alpha value is -6.86. The Morgan fingerprint density at radius 3 is 1.51 bits per heavy atom. The van der Waals surface area contributed by atoms with Gasteiger partial charge in [0.2, 0.25) is 5.95 Å². The number of aromatic nitrogens is 4. The molecule has 4 nitrogen and oxygen atoms in total. The summed E-state index contributed by atoms with van der Waals surface area (Å²) < 4.78 is 4.77. The number of hydrogen-bond acceptors (Lipinski definition) is 4. The van der Waals surface area contributed by atoms with E-state index in [0.717, 1.165) is 32.9 Å². The second-order valence-electron chi connectivity index (χ2n) is 14.0. The fourth-order valence-corrected chi connectivity index (χ4v) is 13.2. The first kappa shape index (κ1) is 33.5. The Morgan fingerprint density at radius 1 is 0.351 bits per heavy atom. The molecule has 0 spiro atoms. The van der Waals surface area contributed by atoms with E-state index in [2.05, 4.69) is 193 Å². The summed E-state index contributed by atoms with van der Waals surface area (Å²) >= 11 is 1.85. The molecule has 11 rings (SSSR count). The van der Waals surface area contributed by atoms with E-state index < -0.39 is 10.0 Å². The third-order valence-corrected chi connectivity index (χ3v) is 15.8. The van der Waals surface area contributed by atoms with Gasteiger partial charge in [0, 0.05) is 61.7 Å². The third kappa shape index (κ3) is 5.48. The molecule has 0 amide bonds. The van der Waals surface area contributed by atoms with Crippen molar-refractivity contribution in [3.05, 3.63) is 206 Å². The average molecular weight is 767 g/mol. The summed E-state index contributed by atoms with van der Waals surface area (Å²) in [4.78, 5) is 20.8. The molecule has 0 radical (unpaired) electrons. The maximum absolute atomic E-state index is 5.33. The highest BCUT2D eigenvalue weighted by Gasteiger charge is 2.34. The van der Waals surface area contributed by atoms with Crippen LogP contribution < -0.4 is 0 Å². The first-order chi connectivity index (χ1) is 28.3. The molecule has 0 unspecified atom stereocenters. The Balaban J connectivity index is 1.19. The second-order valence-corrected chi connectivity index (χ2v) is 18.2. The topological polar surface area (TPSA) is 43.6 Å². The molecule has 270 valence electrons. The van der Waals surface area contributed by atoms with Crippen LogP contribution in [0.1, 0.15) is 0 Å². The van der Waals surface area contributed by atoms with Crippen molar-refractivity contribution in [2.45, 2.75) is 19.6 Å². The monoisotopic (exact) mass is 766 g/mol. The zero-order chi connectivity index (χ0) is 37.8. The lowest BCUT2D eigenvalue weighted by atomic mass is 10.1. The largest absolute Gasteiger partial charge is 0.278 e. The molecule has 6 heteroatoms. The van der Waals surface area contributed by atoms with Gasteiger partial charge < -0.3 is 0 Å². The maximum Gasteiger partial charge on any atom is 0.238 e. The van der Waals surface area contributed by atoms with Crippen LogP contribution in [-0.2, 0) is 0 Å². The first-order valence-electron chi connectivity index (χ1n) is 19.0. The van der Waals surface area contributed by atoms with Gasteiger partial charge in [-0.05, 0) is 72.8 Å². The SMILES string of the molecule is c1ccc(-c2nc(-c3cccc(S(c4ccccc4)(c4ccccc4)c4ccc5sc6ccccc6c5c4)c3)nc(-n3c4ccccc4c4ccccc43)n2)cc1. The molecule has 57 heavy (non-hydrogen) atoms. The van der Waals surface area contributed by atoms with Crippen LogP contribution in [-0.4, -0.2) is 19.5 Å². The lowest BCUT2D eigenvalue weighted by molar-refractivity contribution is 0.953. The number of fused-ring (bicyclic) bond motifs is 6. The van der Waals surface area contributed by atoms with Gasteiger partial charge in [-0.1, -0.05) is 133 Å². The van der Waals surface area contributed by atoms with Gasteiger partial charge in [-0.25, -0.2) is 4.98 Å². The van der Waals surface area contributed by atoms with Gasteiger partial charge in [-0.2, -0.15) is 9.97 Å². The number of para-hydroxylation sites is 2. The molecule has 0 N–H and O–H groups in total. The van der Waals surface area contributed by atoms with E-state index in [1.54, 1.807) is 0 Å². The van der Waals surface area contributed by atoms with E-state index in [-0.39, 0.29) is 0 Å². The van der Waals surface area contributed by atoms with E-state index in [1.165, 1.54) is 39.8 Å². The summed E-state index contributed by atoms with van der Waals surface area (Å²) in [5, 5.41) is 4.90. The second kappa shape index (κ2) is 13.7. The molecule has 0 aliphatic carbocycles. The summed E-state index contributed by atoms with van der Waals surface area (Å²) in [7, 11) is -2.02. The van der Waals surface area contributed by atoms with Crippen molar-refractivity contribution in [3.8, 4) is 28.7 Å². The van der Waals surface area contributed by atoms with Gasteiger partial charge in [-0.15, -0.1) is 21.4 Å². The Kier molecular flexibility index (Phi) is 8.05. The minimum absolute atomic E-state index is 0.584. The molecule has 8 aromatic carbocycles. The molecular formula is C51H34N4S2. The number of benzene rings is 8. The van der Waals surface area contributed by atoms with Crippen molar-refractivity contribution >= 4 is 63.3 Å². The first-order valence-corrected chi connectivity index (χ1v) is 21.5. The van der Waals surface area contributed by atoms with E-state index in [9.17, 15) is 0 Å². The van der Waals surface area contributed by atoms with Gasteiger partial charge in [0.1, 0.15) is 0 Å². The van der Waals surface area contributed by atoms with Gasteiger partial charge in [-0.3, -0.25) is 4.57 Å². The van der Waals surface area contributed by atoms with Crippen LogP contribution in [0.15, 0.2) is 226 Å². The predicted octanol–water partition coefficient (Wildman–Crippen LogP) is 14.0. The summed E-state index contributed by atoms with van der Waals surface area (Å²) in [6, 6.07) is 74.0. The van der Waals surface area contributed by atoms with Crippen molar-refractivity contribution in [1.82, 2.24) is 19.5 Å². The zero-order valence-electron chi connectivity index (χ0n) is 30.7. The molecule has 11 aromatic rings. The smallest absolute Gasteiger partial charge is 0.238 e. The molecular weight excluding hydrogens is 733 g/mol. The van der Waals surface area contributed by atoms with Crippen LogP contribution in [0.2, 0.25) is 0 Å². The number of thiophene rings is 1. The van der Waals surface area contributed by atoms with Crippen LogP contribution in [0.3, 0.4) is 0 Å². The molecule has 0 saturated heterocycles. The highest BCUT2D eigenvalue weighted by molar-refractivity contribution is 8.34. The van der Waals surface area contributed by atoms with Crippen molar-refractivity contribution < 1.29 is 0 Å². The minimum atomic E-state index is -2.02. The molecule has 3 aromatic heterocycles. The predicted molar refractivity (Wildman–Crippen MR) is 238 cm³/mol. The van der Waals surface area contributed by atoms with E-state index in [4.69, 9.17) is 15.0 Å². The van der Waals surface area contributed by atoms with Crippen LogP contribution in [0, 0.1) is 0 Å². The number of rotatable bonds is 7. The van der Waals surface area contributed by atoms with Crippen LogP contribution in [0.25, 0.3) is 70.7 Å². The Bertz CT molecular complexity index is 3150. The van der Waals surface area contributed by atoms with E-state index in [0.29, 0.717) is 17.6 Å². The fourth-order valence-electron chi connectivity index (χ4n) is 8.24. The summed E-state index contributed by atoms with van der Waals surface area (Å²) in [6.45, 7) is 0. The minimum Gasteiger partial charge on any atom is -0.278 e. The van der Waals surface area contributed by atoms with Gasteiger partial charge in [0.25, 0.3) is 0 Å². The number of hydrogen-bond donors (Lipinski definition) is 0. The van der Waals surface area contributed by atoms with Gasteiger partial charge in [0.05, 0.1) is 11.0 Å². The molecule has 0 saturated carbocycles. The van der Waals surface area contributed by atoms with E-state index >= 15 is 0 Å².